The molecule has 1 heterocycles. The van der Waals surface area contributed by atoms with Crippen LogP contribution >= 0.6 is 11.6 Å². The number of hydrogen-bond donors (Lipinski definition) is 0. The van der Waals surface area contributed by atoms with E-state index in [9.17, 15) is 9.59 Å². The Bertz CT molecular complexity index is 690. The second kappa shape index (κ2) is 6.10. The minimum atomic E-state index is -0.885. The molecule has 0 N–H and O–H groups in total. The summed E-state index contributed by atoms with van der Waals surface area (Å²) in [4.78, 5) is 24.0. The van der Waals surface area contributed by atoms with Crippen LogP contribution in [0.2, 0.25) is 5.02 Å². The van der Waals surface area contributed by atoms with Crippen LogP contribution in [0.1, 0.15) is 27.3 Å². The second-order valence-corrected chi connectivity index (χ2v) is 5.14. The van der Waals surface area contributed by atoms with Crippen molar-refractivity contribution < 1.29 is 14.3 Å². The third kappa shape index (κ3) is 3.31. The molecule has 0 radical (unpaired) electrons. The topological polar surface area (TPSA) is 61.2 Å². The Morgan fingerprint density at radius 2 is 1.86 bits per heavy atom. The molecule has 6 heteroatoms. The van der Waals surface area contributed by atoms with Crippen LogP contribution in [-0.4, -0.2) is 21.5 Å². The quantitative estimate of drug-likeness (QED) is 0.495. The number of nitrogens with zero attached hydrogens (tertiary/aromatic N) is 2. The van der Waals surface area contributed by atoms with Gasteiger partial charge in [0.05, 0.1) is 11.3 Å². The van der Waals surface area contributed by atoms with Gasteiger partial charge in [-0.2, -0.15) is 5.10 Å². The monoisotopic (exact) mass is 306 g/mol. The van der Waals surface area contributed by atoms with Gasteiger partial charge in [-0.15, -0.1) is 0 Å². The maximum absolute atomic E-state index is 12.1. The largest absolute Gasteiger partial charge is 0.455 e. The molecule has 5 nitrogen and oxygen atoms in total. The Balaban J connectivity index is 2.06. The zero-order valence-electron chi connectivity index (χ0n) is 12.0. The van der Waals surface area contributed by atoms with Gasteiger partial charge in [0.15, 0.2) is 0 Å². The van der Waals surface area contributed by atoms with Gasteiger partial charge in [-0.05, 0) is 31.5 Å². The van der Waals surface area contributed by atoms with E-state index in [1.165, 1.54) is 0 Å². The van der Waals surface area contributed by atoms with Crippen LogP contribution in [0.25, 0.3) is 0 Å². The first-order valence-corrected chi connectivity index (χ1v) is 6.74. The lowest BCUT2D eigenvalue weighted by atomic mass is 10.1. The van der Waals surface area contributed by atoms with Gasteiger partial charge < -0.3 is 4.74 Å². The maximum atomic E-state index is 12.1. The number of hydrogen-bond acceptors (Lipinski definition) is 4. The van der Waals surface area contributed by atoms with Crippen molar-refractivity contribution >= 4 is 23.4 Å². The average molecular weight is 307 g/mol. The number of halogens is 1. The lowest BCUT2D eigenvalue weighted by Crippen LogP contribution is -2.19. The lowest BCUT2D eigenvalue weighted by Gasteiger charge is -2.05. The number of carbonyl (C=O) groups is 2. The molecule has 0 fully saturated rings. The molecule has 0 bridgehead atoms. The number of aryl methyl sites for hydroxylation is 2. The Kier molecular flexibility index (Phi) is 4.43. The molecule has 0 spiro atoms. The Morgan fingerprint density at radius 3 is 2.38 bits per heavy atom. The van der Waals surface area contributed by atoms with Crippen molar-refractivity contribution in [3.63, 3.8) is 0 Å². The second-order valence-electron chi connectivity index (χ2n) is 4.70. The number of aromatic nitrogens is 2. The number of ether oxygens (including phenoxy) is 1. The van der Waals surface area contributed by atoms with Crippen molar-refractivity contribution in [2.45, 2.75) is 20.5 Å². The SMILES string of the molecule is Cc1nn(C)c(C)c1C(=O)C(=O)OCc1ccc(Cl)cc1. The van der Waals surface area contributed by atoms with E-state index in [-0.39, 0.29) is 6.61 Å². The average Bonchev–Trinajstić information content (AvgIpc) is 2.70. The molecule has 21 heavy (non-hydrogen) atoms. The van der Waals surface area contributed by atoms with Crippen molar-refractivity contribution in [3.8, 4) is 0 Å². The van der Waals surface area contributed by atoms with E-state index in [1.807, 2.05) is 0 Å². The number of Topliss-reactive ketones (excluding diaryl/α,β-unsaturated/α-hetero) is 1. The zero-order chi connectivity index (χ0) is 15.6. The maximum Gasteiger partial charge on any atom is 0.380 e. The highest BCUT2D eigenvalue weighted by Crippen LogP contribution is 2.14. The molecule has 0 saturated heterocycles. The fourth-order valence-electron chi connectivity index (χ4n) is 2.00. The first-order valence-electron chi connectivity index (χ1n) is 6.36. The molecule has 2 aromatic rings. The highest BCUT2D eigenvalue weighted by Gasteiger charge is 2.25. The third-order valence-corrected chi connectivity index (χ3v) is 3.46. The fourth-order valence-corrected chi connectivity index (χ4v) is 2.13. The summed E-state index contributed by atoms with van der Waals surface area (Å²) < 4.78 is 6.60. The van der Waals surface area contributed by atoms with Gasteiger partial charge in [0.25, 0.3) is 5.78 Å². The predicted molar refractivity (Wildman–Crippen MR) is 78.3 cm³/mol. The molecule has 0 aliphatic carbocycles. The summed E-state index contributed by atoms with van der Waals surface area (Å²) in [6, 6.07) is 6.87. The van der Waals surface area contributed by atoms with Crippen LogP contribution in [0.15, 0.2) is 24.3 Å². The standard InChI is InChI=1S/C15H15ClN2O3/c1-9-13(10(2)18(3)17-9)14(19)15(20)21-8-11-4-6-12(16)7-5-11/h4-7H,8H2,1-3H3. The van der Waals surface area contributed by atoms with Crippen LogP contribution in [0.4, 0.5) is 0 Å². The van der Waals surface area contributed by atoms with E-state index in [4.69, 9.17) is 16.3 Å². The van der Waals surface area contributed by atoms with Crippen molar-refractivity contribution in [2.75, 3.05) is 0 Å². The van der Waals surface area contributed by atoms with E-state index in [1.54, 1.807) is 49.8 Å². The van der Waals surface area contributed by atoms with Crippen LogP contribution in [0, 0.1) is 13.8 Å². The Morgan fingerprint density at radius 1 is 1.24 bits per heavy atom. The molecule has 0 saturated carbocycles. The van der Waals surface area contributed by atoms with Crippen LogP contribution in [0.5, 0.6) is 0 Å². The van der Waals surface area contributed by atoms with Crippen molar-refractivity contribution in [3.05, 3.63) is 51.8 Å². The minimum Gasteiger partial charge on any atom is -0.455 e. The highest BCUT2D eigenvalue weighted by atomic mass is 35.5. The van der Waals surface area contributed by atoms with Gasteiger partial charge in [-0.25, -0.2) is 4.79 Å². The Labute approximate surface area is 127 Å². The molecule has 1 aromatic carbocycles. The first-order chi connectivity index (χ1) is 9.90. The molecule has 0 amide bonds. The van der Waals surface area contributed by atoms with Gasteiger partial charge in [0.1, 0.15) is 6.61 Å². The molecule has 0 aliphatic heterocycles. The minimum absolute atomic E-state index is 0.0279. The molecular weight excluding hydrogens is 292 g/mol. The fraction of sp³-hybridized carbons (Fsp3) is 0.267. The summed E-state index contributed by atoms with van der Waals surface area (Å²) in [6.07, 6.45) is 0. The lowest BCUT2D eigenvalue weighted by molar-refractivity contribution is -0.139. The normalized spacial score (nSPS) is 10.5. The smallest absolute Gasteiger partial charge is 0.380 e. The third-order valence-electron chi connectivity index (χ3n) is 3.20. The van der Waals surface area contributed by atoms with Gasteiger partial charge in [-0.1, -0.05) is 23.7 Å². The van der Waals surface area contributed by atoms with Gasteiger partial charge in [-0.3, -0.25) is 9.48 Å². The molecular formula is C15H15ClN2O3. The summed E-state index contributed by atoms with van der Waals surface area (Å²) in [6.45, 7) is 3.45. The van der Waals surface area contributed by atoms with Crippen molar-refractivity contribution in [2.24, 2.45) is 7.05 Å². The summed E-state index contributed by atoms with van der Waals surface area (Å²) in [5.41, 5.74) is 2.23. The van der Waals surface area contributed by atoms with E-state index in [0.29, 0.717) is 22.0 Å². The number of benzene rings is 1. The zero-order valence-corrected chi connectivity index (χ0v) is 12.8. The van der Waals surface area contributed by atoms with E-state index < -0.39 is 11.8 Å². The summed E-state index contributed by atoms with van der Waals surface area (Å²) in [5.74, 6) is -1.56. The molecule has 0 aliphatic rings. The van der Waals surface area contributed by atoms with Gasteiger partial charge in [0.2, 0.25) is 0 Å². The number of ketones is 1. The van der Waals surface area contributed by atoms with Crippen LogP contribution < -0.4 is 0 Å². The summed E-state index contributed by atoms with van der Waals surface area (Å²) in [7, 11) is 1.72. The first kappa shape index (κ1) is 15.3. The van der Waals surface area contributed by atoms with Crippen LogP contribution in [0.3, 0.4) is 0 Å². The molecule has 0 atom stereocenters. The van der Waals surface area contributed by atoms with Crippen molar-refractivity contribution in [1.82, 2.24) is 9.78 Å². The highest BCUT2D eigenvalue weighted by molar-refractivity contribution is 6.41. The molecule has 0 unspecified atom stereocenters. The number of carbonyl (C=O) groups excluding carboxylic acids is 2. The van der Waals surface area contributed by atoms with Crippen molar-refractivity contribution in [1.29, 1.82) is 0 Å². The van der Waals surface area contributed by atoms with Crippen LogP contribution in [-0.2, 0) is 23.2 Å². The number of esters is 1. The van der Waals surface area contributed by atoms with E-state index in [2.05, 4.69) is 5.10 Å². The Hall–Kier alpha value is -2.14. The molecule has 1 aromatic heterocycles. The summed E-state index contributed by atoms with van der Waals surface area (Å²) >= 11 is 5.77. The molecule has 2 rings (SSSR count). The summed E-state index contributed by atoms with van der Waals surface area (Å²) in [5, 5.41) is 4.72. The van der Waals surface area contributed by atoms with Gasteiger partial charge in [0, 0.05) is 17.8 Å². The van der Waals surface area contributed by atoms with E-state index in [0.717, 1.165) is 5.56 Å². The van der Waals surface area contributed by atoms with Gasteiger partial charge >= 0.3 is 5.97 Å². The predicted octanol–water partition coefficient (Wildman–Crippen LogP) is 2.62. The molecule has 110 valence electrons. The van der Waals surface area contributed by atoms with E-state index >= 15 is 0 Å². The number of rotatable bonds is 4.